The van der Waals surface area contributed by atoms with E-state index in [1.807, 2.05) is 0 Å². The summed E-state index contributed by atoms with van der Waals surface area (Å²) in [4.78, 5) is 4.19. The quantitative estimate of drug-likeness (QED) is 0.688. The molecule has 0 unspecified atom stereocenters. The number of methoxy groups -OCH3 is 1. The molecule has 0 N–H and O–H groups in total. The van der Waals surface area contributed by atoms with Crippen LogP contribution in [0.1, 0.15) is 11.5 Å². The van der Waals surface area contributed by atoms with Crippen LogP contribution in [0.25, 0.3) is 11.4 Å². The van der Waals surface area contributed by atoms with Gasteiger partial charge in [0, 0.05) is 12.7 Å². The van der Waals surface area contributed by atoms with Crippen molar-refractivity contribution in [3.8, 4) is 17.1 Å². The third-order valence-corrected chi connectivity index (χ3v) is 3.24. The van der Waals surface area contributed by atoms with Crippen molar-refractivity contribution in [2.75, 3.05) is 7.11 Å². The highest BCUT2D eigenvalue weighted by Crippen LogP contribution is 2.21. The van der Waals surface area contributed by atoms with Gasteiger partial charge in [-0.3, -0.25) is 0 Å². The molecule has 0 radical (unpaired) electrons. The van der Waals surface area contributed by atoms with Crippen molar-refractivity contribution >= 4 is 0 Å². The topological polar surface area (TPSA) is 57.4 Å². The normalized spacial score (nSPS) is 10.8. The van der Waals surface area contributed by atoms with Gasteiger partial charge in [-0.25, -0.2) is 8.78 Å². The lowest BCUT2D eigenvalue weighted by atomic mass is 10.2. The van der Waals surface area contributed by atoms with Crippen molar-refractivity contribution < 1.29 is 22.8 Å². The predicted octanol–water partition coefficient (Wildman–Crippen LogP) is 3.74. The lowest BCUT2D eigenvalue weighted by molar-refractivity contribution is 0.151. The fourth-order valence-corrected chi connectivity index (χ4v) is 2.05. The zero-order chi connectivity index (χ0) is 16.9. The van der Waals surface area contributed by atoms with Crippen LogP contribution in [-0.4, -0.2) is 17.3 Å². The number of benzene rings is 2. The molecule has 3 rings (SSSR count). The molecule has 2 aromatic carbocycles. The van der Waals surface area contributed by atoms with Crippen molar-refractivity contribution in [1.29, 1.82) is 0 Å². The van der Waals surface area contributed by atoms with E-state index in [0.717, 1.165) is 17.7 Å². The average Bonchev–Trinajstić information content (AvgIpc) is 3.05. The van der Waals surface area contributed by atoms with Crippen LogP contribution in [0.4, 0.5) is 8.78 Å². The first kappa shape index (κ1) is 16.1. The minimum Gasteiger partial charge on any atom is -0.489 e. The first-order chi connectivity index (χ1) is 11.7. The van der Waals surface area contributed by atoms with Gasteiger partial charge in [0.1, 0.15) is 19.0 Å². The van der Waals surface area contributed by atoms with Crippen LogP contribution in [0.2, 0.25) is 0 Å². The molecule has 0 spiro atoms. The van der Waals surface area contributed by atoms with Gasteiger partial charge in [0.25, 0.3) is 5.89 Å². The number of rotatable bonds is 6. The molecule has 24 heavy (non-hydrogen) atoms. The summed E-state index contributed by atoms with van der Waals surface area (Å²) in [5, 5.41) is 3.86. The molecule has 0 amide bonds. The van der Waals surface area contributed by atoms with E-state index in [2.05, 4.69) is 10.1 Å². The Morgan fingerprint density at radius 2 is 1.79 bits per heavy atom. The predicted molar refractivity (Wildman–Crippen MR) is 81.1 cm³/mol. The summed E-state index contributed by atoms with van der Waals surface area (Å²) in [6.07, 6.45) is 0. The van der Waals surface area contributed by atoms with Crippen LogP contribution in [0.15, 0.2) is 47.0 Å². The SMILES string of the molecule is COCc1nc(-c2ccc(OCc3ccc(F)c(F)c3)cc2)no1. The molecular weight excluding hydrogens is 318 g/mol. The Labute approximate surface area is 136 Å². The van der Waals surface area contributed by atoms with E-state index in [1.54, 1.807) is 31.4 Å². The third-order valence-electron chi connectivity index (χ3n) is 3.24. The Bertz CT molecular complexity index is 819. The van der Waals surface area contributed by atoms with Crippen LogP contribution in [0.3, 0.4) is 0 Å². The first-order valence-corrected chi connectivity index (χ1v) is 7.14. The highest BCUT2D eigenvalue weighted by atomic mass is 19.2. The van der Waals surface area contributed by atoms with Gasteiger partial charge >= 0.3 is 0 Å². The molecule has 5 nitrogen and oxygen atoms in total. The second kappa shape index (κ2) is 7.18. The maximum Gasteiger partial charge on any atom is 0.252 e. The molecular formula is C17H14F2N2O3. The second-order valence-corrected chi connectivity index (χ2v) is 5.01. The maximum atomic E-state index is 13.1. The van der Waals surface area contributed by atoms with Gasteiger partial charge in [-0.2, -0.15) is 4.98 Å². The van der Waals surface area contributed by atoms with Gasteiger partial charge in [-0.05, 0) is 42.0 Å². The van der Waals surface area contributed by atoms with Gasteiger partial charge in [-0.15, -0.1) is 0 Å². The zero-order valence-electron chi connectivity index (χ0n) is 12.8. The van der Waals surface area contributed by atoms with Crippen LogP contribution in [0, 0.1) is 11.6 Å². The molecule has 0 fully saturated rings. The molecule has 0 aliphatic carbocycles. The summed E-state index contributed by atoms with van der Waals surface area (Å²) in [6.45, 7) is 0.388. The molecule has 0 atom stereocenters. The van der Waals surface area contributed by atoms with Gasteiger partial charge < -0.3 is 14.0 Å². The lowest BCUT2D eigenvalue weighted by Crippen LogP contribution is -1.97. The Morgan fingerprint density at radius 1 is 1.00 bits per heavy atom. The number of nitrogens with zero attached hydrogens (tertiary/aromatic N) is 2. The van der Waals surface area contributed by atoms with Crippen molar-refractivity contribution in [1.82, 2.24) is 10.1 Å². The highest BCUT2D eigenvalue weighted by molar-refractivity contribution is 5.55. The molecule has 0 saturated carbocycles. The van der Waals surface area contributed by atoms with Crippen LogP contribution in [-0.2, 0) is 18.0 Å². The van der Waals surface area contributed by atoms with Crippen molar-refractivity contribution in [2.45, 2.75) is 13.2 Å². The minimum atomic E-state index is -0.893. The molecule has 3 aromatic rings. The molecule has 0 bridgehead atoms. The lowest BCUT2D eigenvalue weighted by Gasteiger charge is -2.07. The van der Waals surface area contributed by atoms with Crippen molar-refractivity contribution in [3.05, 3.63) is 65.6 Å². The summed E-state index contributed by atoms with van der Waals surface area (Å²) in [6, 6.07) is 10.7. The third kappa shape index (κ3) is 3.75. The first-order valence-electron chi connectivity index (χ1n) is 7.14. The molecule has 124 valence electrons. The summed E-state index contributed by atoms with van der Waals surface area (Å²) in [5.41, 5.74) is 1.31. The van der Waals surface area contributed by atoms with Crippen molar-refractivity contribution in [2.24, 2.45) is 0 Å². The smallest absolute Gasteiger partial charge is 0.252 e. The van der Waals surface area contributed by atoms with Gasteiger partial charge in [0.05, 0.1) is 0 Å². The van der Waals surface area contributed by atoms with E-state index in [9.17, 15) is 8.78 Å². The maximum absolute atomic E-state index is 13.1. The van der Waals surface area contributed by atoms with Crippen LogP contribution < -0.4 is 4.74 Å². The number of hydrogen-bond acceptors (Lipinski definition) is 5. The Morgan fingerprint density at radius 3 is 2.50 bits per heavy atom. The largest absolute Gasteiger partial charge is 0.489 e. The zero-order valence-corrected chi connectivity index (χ0v) is 12.8. The molecule has 1 aromatic heterocycles. The van der Waals surface area contributed by atoms with Crippen LogP contribution >= 0.6 is 0 Å². The van der Waals surface area contributed by atoms with Gasteiger partial charge in [0.15, 0.2) is 11.6 Å². The Balaban J connectivity index is 1.64. The van der Waals surface area contributed by atoms with E-state index in [0.29, 0.717) is 23.0 Å². The fourth-order valence-electron chi connectivity index (χ4n) is 2.05. The molecule has 1 heterocycles. The van der Waals surface area contributed by atoms with E-state index in [1.165, 1.54) is 6.07 Å². The molecule has 0 aliphatic rings. The average molecular weight is 332 g/mol. The van der Waals surface area contributed by atoms with E-state index < -0.39 is 11.6 Å². The Kier molecular flexibility index (Phi) is 4.81. The second-order valence-electron chi connectivity index (χ2n) is 5.01. The highest BCUT2D eigenvalue weighted by Gasteiger charge is 2.08. The molecule has 0 saturated heterocycles. The number of hydrogen-bond donors (Lipinski definition) is 0. The summed E-state index contributed by atoms with van der Waals surface area (Å²) in [7, 11) is 1.54. The number of aromatic nitrogens is 2. The van der Waals surface area contributed by atoms with Gasteiger partial charge in [0.2, 0.25) is 5.82 Å². The van der Waals surface area contributed by atoms with E-state index in [4.69, 9.17) is 14.0 Å². The summed E-state index contributed by atoms with van der Waals surface area (Å²) in [5.74, 6) is -0.337. The van der Waals surface area contributed by atoms with Crippen LogP contribution in [0.5, 0.6) is 5.75 Å². The monoisotopic (exact) mass is 332 g/mol. The summed E-state index contributed by atoms with van der Waals surface area (Å²) >= 11 is 0. The number of halogens is 2. The minimum absolute atomic E-state index is 0.136. The van der Waals surface area contributed by atoms with Crippen molar-refractivity contribution in [3.63, 3.8) is 0 Å². The standard InChI is InChI=1S/C17H14F2N2O3/c1-22-10-16-20-17(21-24-16)12-3-5-13(6-4-12)23-9-11-2-7-14(18)15(19)8-11/h2-8H,9-10H2,1H3. The van der Waals surface area contributed by atoms with Gasteiger partial charge in [-0.1, -0.05) is 11.2 Å². The molecule has 0 aliphatic heterocycles. The number of ether oxygens (including phenoxy) is 2. The van der Waals surface area contributed by atoms with E-state index >= 15 is 0 Å². The summed E-state index contributed by atoms with van der Waals surface area (Å²) < 4.78 is 41.5. The Hall–Kier alpha value is -2.80. The fraction of sp³-hybridized carbons (Fsp3) is 0.176. The van der Waals surface area contributed by atoms with E-state index in [-0.39, 0.29) is 13.2 Å². The molecule has 7 heteroatoms.